The summed E-state index contributed by atoms with van der Waals surface area (Å²) in [5.74, 6) is 0. The highest BCUT2D eigenvalue weighted by Crippen LogP contribution is 2.50. The van der Waals surface area contributed by atoms with Crippen molar-refractivity contribution >= 4 is 80.8 Å². The van der Waals surface area contributed by atoms with Crippen molar-refractivity contribution in [3.8, 4) is 0 Å². The molecule has 7 heteroatoms. The lowest BCUT2D eigenvalue weighted by Gasteiger charge is -2.26. The van der Waals surface area contributed by atoms with E-state index in [1.165, 1.54) is 0 Å². The molecule has 0 saturated carbocycles. The second kappa shape index (κ2) is 4.80. The molecule has 0 fully saturated rings. The molecule has 0 amide bonds. The molecule has 1 aliphatic rings. The Kier molecular flexibility index (Phi) is 3.40. The first-order valence-electron chi connectivity index (χ1n) is 5.18. The van der Waals surface area contributed by atoms with E-state index in [-0.39, 0.29) is 5.02 Å². The van der Waals surface area contributed by atoms with Crippen LogP contribution in [0.25, 0.3) is 0 Å². The standard InChI is InChI=1S/C12H5Cl5N2/c13-4-1-2-5(14)11-10(4)18-7-3-6(15)8(16)9(17)12(7)19-11/h1-3,18-19H. The van der Waals surface area contributed by atoms with Crippen LogP contribution >= 0.6 is 58.0 Å². The fourth-order valence-electron chi connectivity index (χ4n) is 1.87. The highest BCUT2D eigenvalue weighted by Gasteiger charge is 2.23. The number of halogens is 5. The largest absolute Gasteiger partial charge is 0.351 e. The van der Waals surface area contributed by atoms with Crippen molar-refractivity contribution in [3.63, 3.8) is 0 Å². The maximum absolute atomic E-state index is 6.18. The van der Waals surface area contributed by atoms with Crippen molar-refractivity contribution in [1.29, 1.82) is 0 Å². The molecule has 0 spiro atoms. The summed E-state index contributed by atoms with van der Waals surface area (Å²) in [6, 6.07) is 5.09. The van der Waals surface area contributed by atoms with E-state index in [1.807, 2.05) is 0 Å². The third-order valence-electron chi connectivity index (χ3n) is 2.78. The van der Waals surface area contributed by atoms with Crippen molar-refractivity contribution < 1.29 is 0 Å². The number of hydrogen-bond donors (Lipinski definition) is 2. The highest BCUT2D eigenvalue weighted by molar-refractivity contribution is 6.50. The monoisotopic (exact) mass is 352 g/mol. The molecule has 0 aromatic heterocycles. The van der Waals surface area contributed by atoms with Crippen LogP contribution in [0.2, 0.25) is 25.1 Å². The molecule has 2 aromatic rings. The van der Waals surface area contributed by atoms with Gasteiger partial charge in [0.2, 0.25) is 0 Å². The number of fused-ring (bicyclic) bond motifs is 2. The van der Waals surface area contributed by atoms with Gasteiger partial charge in [0.05, 0.1) is 47.9 Å². The van der Waals surface area contributed by atoms with Gasteiger partial charge in [-0.2, -0.15) is 0 Å². The van der Waals surface area contributed by atoms with Gasteiger partial charge in [0.1, 0.15) is 0 Å². The number of benzene rings is 2. The second-order valence-corrected chi connectivity index (χ2v) is 5.92. The number of hydrogen-bond acceptors (Lipinski definition) is 2. The first-order chi connectivity index (χ1) is 8.99. The zero-order valence-corrected chi connectivity index (χ0v) is 12.9. The first-order valence-corrected chi connectivity index (χ1v) is 7.07. The normalized spacial score (nSPS) is 12.3. The van der Waals surface area contributed by atoms with E-state index in [0.717, 1.165) is 0 Å². The van der Waals surface area contributed by atoms with Gasteiger partial charge >= 0.3 is 0 Å². The fourth-order valence-corrected chi connectivity index (χ4v) is 2.93. The van der Waals surface area contributed by atoms with Crippen molar-refractivity contribution in [1.82, 2.24) is 0 Å². The summed E-state index contributed by atoms with van der Waals surface area (Å²) in [6.45, 7) is 0. The van der Waals surface area contributed by atoms with E-state index in [9.17, 15) is 0 Å². The molecule has 0 atom stereocenters. The average molecular weight is 354 g/mol. The van der Waals surface area contributed by atoms with Gasteiger partial charge in [0.15, 0.2) is 0 Å². The molecular formula is C12H5Cl5N2. The summed E-state index contributed by atoms with van der Waals surface area (Å²) >= 11 is 30.5. The van der Waals surface area contributed by atoms with Crippen LogP contribution in [0.15, 0.2) is 18.2 Å². The Morgan fingerprint density at radius 2 is 1.21 bits per heavy atom. The third kappa shape index (κ3) is 2.12. The molecule has 0 unspecified atom stereocenters. The van der Waals surface area contributed by atoms with Gasteiger partial charge in [0.25, 0.3) is 0 Å². The molecule has 0 saturated heterocycles. The van der Waals surface area contributed by atoms with E-state index >= 15 is 0 Å². The minimum absolute atomic E-state index is 0.290. The number of nitrogens with one attached hydrogen (secondary N) is 2. The van der Waals surface area contributed by atoms with E-state index < -0.39 is 0 Å². The van der Waals surface area contributed by atoms with Crippen LogP contribution in [0.5, 0.6) is 0 Å². The van der Waals surface area contributed by atoms with Crippen LogP contribution in [0.4, 0.5) is 22.7 Å². The van der Waals surface area contributed by atoms with Gasteiger partial charge in [-0.05, 0) is 18.2 Å². The highest BCUT2D eigenvalue weighted by atomic mass is 35.5. The zero-order chi connectivity index (χ0) is 13.7. The van der Waals surface area contributed by atoms with Crippen LogP contribution in [-0.2, 0) is 0 Å². The molecule has 0 bridgehead atoms. The Hall–Kier alpha value is -0.510. The molecule has 1 heterocycles. The van der Waals surface area contributed by atoms with E-state index in [4.69, 9.17) is 58.0 Å². The van der Waals surface area contributed by atoms with Gasteiger partial charge in [-0.1, -0.05) is 58.0 Å². The molecule has 0 radical (unpaired) electrons. The molecule has 0 aliphatic carbocycles. The fraction of sp³-hybridized carbons (Fsp3) is 0. The lowest BCUT2D eigenvalue weighted by molar-refractivity contribution is 1.45. The number of rotatable bonds is 0. The Balaban J connectivity index is 2.23. The Morgan fingerprint density at radius 3 is 1.84 bits per heavy atom. The average Bonchev–Trinajstić information content (AvgIpc) is 2.39. The predicted molar refractivity (Wildman–Crippen MR) is 84.5 cm³/mol. The second-order valence-electron chi connectivity index (χ2n) is 3.94. The predicted octanol–water partition coefficient (Wildman–Crippen LogP) is 6.75. The van der Waals surface area contributed by atoms with Gasteiger partial charge in [-0.3, -0.25) is 0 Å². The Labute approximate surface area is 134 Å². The van der Waals surface area contributed by atoms with Gasteiger partial charge in [0, 0.05) is 0 Å². The maximum Gasteiger partial charge on any atom is 0.0863 e. The lowest BCUT2D eigenvalue weighted by Crippen LogP contribution is -2.08. The van der Waals surface area contributed by atoms with Crippen LogP contribution in [0.3, 0.4) is 0 Å². The van der Waals surface area contributed by atoms with E-state index in [0.29, 0.717) is 42.8 Å². The molecule has 2 N–H and O–H groups in total. The summed E-state index contributed by atoms with van der Waals surface area (Å²) in [7, 11) is 0. The molecule has 3 rings (SSSR count). The van der Waals surface area contributed by atoms with Crippen molar-refractivity contribution in [2.24, 2.45) is 0 Å². The van der Waals surface area contributed by atoms with Crippen molar-refractivity contribution in [2.45, 2.75) is 0 Å². The summed E-state index contributed by atoms with van der Waals surface area (Å²) < 4.78 is 0. The molecular weight excluding hydrogens is 349 g/mol. The lowest BCUT2D eigenvalue weighted by atomic mass is 10.1. The van der Waals surface area contributed by atoms with Crippen LogP contribution in [-0.4, -0.2) is 0 Å². The molecule has 19 heavy (non-hydrogen) atoms. The smallest absolute Gasteiger partial charge is 0.0863 e. The summed E-state index contributed by atoms with van der Waals surface area (Å²) in [5.41, 5.74) is 2.64. The van der Waals surface area contributed by atoms with Gasteiger partial charge in [-0.25, -0.2) is 0 Å². The third-order valence-corrected chi connectivity index (χ3v) is 4.67. The van der Waals surface area contributed by atoms with Gasteiger partial charge < -0.3 is 10.6 Å². The molecule has 98 valence electrons. The Morgan fingerprint density at radius 1 is 0.632 bits per heavy atom. The van der Waals surface area contributed by atoms with Crippen molar-refractivity contribution in [2.75, 3.05) is 10.6 Å². The maximum atomic E-state index is 6.18. The van der Waals surface area contributed by atoms with Crippen molar-refractivity contribution in [3.05, 3.63) is 43.3 Å². The minimum atomic E-state index is 0.290. The summed E-state index contributed by atoms with van der Waals surface area (Å²) in [5, 5.41) is 8.34. The summed E-state index contributed by atoms with van der Waals surface area (Å²) in [4.78, 5) is 0. The Bertz CT molecular complexity index is 699. The first kappa shape index (κ1) is 13.5. The minimum Gasteiger partial charge on any atom is -0.351 e. The SMILES string of the molecule is Clc1cc2c(c(Cl)c1Cl)Nc1c(Cl)ccc(Cl)c1N2. The summed E-state index contributed by atoms with van der Waals surface area (Å²) in [6.07, 6.45) is 0. The number of anilines is 4. The van der Waals surface area contributed by atoms with E-state index in [1.54, 1.807) is 18.2 Å². The van der Waals surface area contributed by atoms with Gasteiger partial charge in [-0.15, -0.1) is 0 Å². The quantitative estimate of drug-likeness (QED) is 0.436. The van der Waals surface area contributed by atoms with Crippen LogP contribution in [0, 0.1) is 0 Å². The van der Waals surface area contributed by atoms with Crippen LogP contribution in [0.1, 0.15) is 0 Å². The molecule has 2 nitrogen and oxygen atoms in total. The van der Waals surface area contributed by atoms with Crippen LogP contribution < -0.4 is 10.6 Å². The van der Waals surface area contributed by atoms with E-state index in [2.05, 4.69) is 10.6 Å². The molecule has 2 aromatic carbocycles. The zero-order valence-electron chi connectivity index (χ0n) is 9.12. The topological polar surface area (TPSA) is 24.1 Å². The molecule has 1 aliphatic heterocycles.